The molecule has 0 saturated heterocycles. The molecule has 1 rings (SSSR count). The van der Waals surface area contributed by atoms with Crippen molar-refractivity contribution in [1.29, 1.82) is 0 Å². The van der Waals surface area contributed by atoms with Crippen LogP contribution in [0, 0.1) is 10.1 Å². The molecule has 0 fully saturated rings. The molecular weight excluding hydrogens is 222 g/mol. The zero-order chi connectivity index (χ0) is 12.8. The fourth-order valence-corrected chi connectivity index (χ4v) is 1.57. The van der Waals surface area contributed by atoms with Crippen molar-refractivity contribution < 1.29 is 14.5 Å². The van der Waals surface area contributed by atoms with E-state index in [2.05, 4.69) is 0 Å². The van der Waals surface area contributed by atoms with Crippen molar-refractivity contribution >= 4 is 11.5 Å². The molecule has 1 aromatic rings. The second kappa shape index (κ2) is 5.98. The minimum atomic E-state index is -0.546. The summed E-state index contributed by atoms with van der Waals surface area (Å²) < 4.78 is 4.98. The number of hydrogen-bond donors (Lipinski definition) is 0. The number of nitro groups is 1. The zero-order valence-corrected chi connectivity index (χ0v) is 9.93. The van der Waals surface area contributed by atoms with E-state index in [-0.39, 0.29) is 22.8 Å². The van der Waals surface area contributed by atoms with Crippen LogP contribution in [0.3, 0.4) is 0 Å². The maximum absolute atomic E-state index is 11.9. The van der Waals surface area contributed by atoms with Crippen LogP contribution >= 0.6 is 0 Å². The smallest absolute Gasteiger partial charge is 0.311 e. The van der Waals surface area contributed by atoms with Crippen molar-refractivity contribution in [1.82, 2.24) is 0 Å². The van der Waals surface area contributed by atoms with Gasteiger partial charge in [0.2, 0.25) is 5.75 Å². The van der Waals surface area contributed by atoms with Gasteiger partial charge < -0.3 is 4.74 Å². The Morgan fingerprint density at radius 1 is 1.47 bits per heavy atom. The predicted molar refractivity (Wildman–Crippen MR) is 63.5 cm³/mol. The Labute approximate surface area is 99.5 Å². The molecule has 0 atom stereocenters. The summed E-state index contributed by atoms with van der Waals surface area (Å²) >= 11 is 0. The van der Waals surface area contributed by atoms with E-state index in [1.54, 1.807) is 6.07 Å². The molecule has 5 heteroatoms. The molecule has 0 unspecified atom stereocenters. The van der Waals surface area contributed by atoms with E-state index in [4.69, 9.17) is 4.74 Å². The molecule has 0 bridgehead atoms. The van der Waals surface area contributed by atoms with Gasteiger partial charge in [-0.2, -0.15) is 0 Å². The molecule has 0 amide bonds. The zero-order valence-electron chi connectivity index (χ0n) is 9.93. The summed E-state index contributed by atoms with van der Waals surface area (Å²) in [4.78, 5) is 22.1. The first-order chi connectivity index (χ1) is 8.11. The number of carbonyl (C=O) groups is 1. The Morgan fingerprint density at radius 2 is 2.18 bits per heavy atom. The number of rotatable bonds is 6. The highest BCUT2D eigenvalue weighted by Gasteiger charge is 2.21. The largest absolute Gasteiger partial charge is 0.490 e. The number of unbranched alkanes of at least 4 members (excludes halogenated alkanes) is 1. The molecule has 0 heterocycles. The lowest BCUT2D eigenvalue weighted by Crippen LogP contribution is -2.04. The Hall–Kier alpha value is -1.91. The summed E-state index contributed by atoms with van der Waals surface area (Å²) in [5, 5.41) is 10.8. The first-order valence-electron chi connectivity index (χ1n) is 5.46. The van der Waals surface area contributed by atoms with Crippen LogP contribution in [0.5, 0.6) is 5.75 Å². The second-order valence-electron chi connectivity index (χ2n) is 3.64. The van der Waals surface area contributed by atoms with E-state index >= 15 is 0 Å². The molecule has 0 aliphatic heterocycles. The third-order valence-electron chi connectivity index (χ3n) is 2.45. The molecule has 92 valence electrons. The summed E-state index contributed by atoms with van der Waals surface area (Å²) in [6.45, 7) is 1.98. The molecule has 5 nitrogen and oxygen atoms in total. The Balaban J connectivity index is 3.11. The van der Waals surface area contributed by atoms with Gasteiger partial charge in [-0.15, -0.1) is 0 Å². The fourth-order valence-electron chi connectivity index (χ4n) is 1.57. The maximum Gasteiger partial charge on any atom is 0.311 e. The molecule has 0 N–H and O–H groups in total. The number of Topliss-reactive ketones (excluding diaryl/α,β-unsaturated/α-hetero) is 1. The van der Waals surface area contributed by atoms with E-state index < -0.39 is 4.92 Å². The van der Waals surface area contributed by atoms with E-state index in [0.29, 0.717) is 6.42 Å². The van der Waals surface area contributed by atoms with Crippen LogP contribution in [-0.2, 0) is 0 Å². The Bertz CT molecular complexity index is 429. The number of nitro benzene ring substituents is 1. The van der Waals surface area contributed by atoms with Crippen molar-refractivity contribution in [2.75, 3.05) is 7.11 Å². The number of carbonyl (C=O) groups excluding carboxylic acids is 1. The molecule has 17 heavy (non-hydrogen) atoms. The van der Waals surface area contributed by atoms with Crippen LogP contribution in [-0.4, -0.2) is 17.8 Å². The summed E-state index contributed by atoms with van der Waals surface area (Å²) in [5.74, 6) is -0.0639. The standard InChI is InChI=1S/C12H15NO4/c1-3-4-8-11(14)9-6-5-7-10(13(15)16)12(9)17-2/h5-7H,3-4,8H2,1-2H3. The SMILES string of the molecule is CCCCC(=O)c1cccc([N+](=O)[O-])c1OC. The minimum absolute atomic E-state index is 0.0543. The van der Waals surface area contributed by atoms with E-state index in [1.165, 1.54) is 19.2 Å². The van der Waals surface area contributed by atoms with Crippen molar-refractivity contribution in [3.05, 3.63) is 33.9 Å². The van der Waals surface area contributed by atoms with Crippen LogP contribution in [0.1, 0.15) is 36.5 Å². The topological polar surface area (TPSA) is 69.4 Å². The van der Waals surface area contributed by atoms with Crippen LogP contribution in [0.2, 0.25) is 0 Å². The summed E-state index contributed by atoms with van der Waals surface area (Å²) in [5.41, 5.74) is 0.116. The van der Waals surface area contributed by atoms with Gasteiger partial charge in [0.25, 0.3) is 0 Å². The van der Waals surface area contributed by atoms with Crippen LogP contribution in [0.15, 0.2) is 18.2 Å². The van der Waals surface area contributed by atoms with Gasteiger partial charge in [-0.3, -0.25) is 14.9 Å². The molecule has 0 radical (unpaired) electrons. The van der Waals surface area contributed by atoms with Crippen LogP contribution in [0.4, 0.5) is 5.69 Å². The third kappa shape index (κ3) is 3.03. The summed E-state index contributed by atoms with van der Waals surface area (Å²) in [7, 11) is 1.33. The first kappa shape index (κ1) is 13.2. The predicted octanol–water partition coefficient (Wildman–Crippen LogP) is 2.98. The highest BCUT2D eigenvalue weighted by Crippen LogP contribution is 2.31. The van der Waals surface area contributed by atoms with Gasteiger partial charge >= 0.3 is 5.69 Å². The van der Waals surface area contributed by atoms with Gasteiger partial charge in [0.1, 0.15) is 0 Å². The Kier molecular flexibility index (Phi) is 4.63. The van der Waals surface area contributed by atoms with Crippen molar-refractivity contribution in [2.24, 2.45) is 0 Å². The van der Waals surface area contributed by atoms with E-state index in [1.807, 2.05) is 6.92 Å². The molecule has 0 spiro atoms. The maximum atomic E-state index is 11.9. The minimum Gasteiger partial charge on any atom is -0.490 e. The third-order valence-corrected chi connectivity index (χ3v) is 2.45. The van der Waals surface area contributed by atoms with E-state index in [0.717, 1.165) is 12.8 Å². The lowest BCUT2D eigenvalue weighted by atomic mass is 10.0. The first-order valence-corrected chi connectivity index (χ1v) is 5.46. The van der Waals surface area contributed by atoms with Gasteiger partial charge in [0.05, 0.1) is 17.6 Å². The van der Waals surface area contributed by atoms with E-state index in [9.17, 15) is 14.9 Å². The second-order valence-corrected chi connectivity index (χ2v) is 3.64. The average molecular weight is 237 g/mol. The number of hydrogen-bond acceptors (Lipinski definition) is 4. The van der Waals surface area contributed by atoms with Crippen molar-refractivity contribution in [3.8, 4) is 5.75 Å². The average Bonchev–Trinajstić information content (AvgIpc) is 2.34. The van der Waals surface area contributed by atoms with Crippen LogP contribution in [0.25, 0.3) is 0 Å². The highest BCUT2D eigenvalue weighted by molar-refractivity contribution is 5.99. The molecule has 0 aromatic heterocycles. The van der Waals surface area contributed by atoms with Crippen LogP contribution < -0.4 is 4.74 Å². The van der Waals surface area contributed by atoms with Gasteiger partial charge in [0, 0.05) is 12.5 Å². The number of methoxy groups -OCH3 is 1. The quantitative estimate of drug-likeness (QED) is 0.433. The summed E-state index contributed by atoms with van der Waals surface area (Å²) in [6.07, 6.45) is 2.06. The fraction of sp³-hybridized carbons (Fsp3) is 0.417. The molecule has 0 saturated carbocycles. The number of benzene rings is 1. The number of para-hydroxylation sites is 1. The lowest BCUT2D eigenvalue weighted by Gasteiger charge is -2.07. The molecule has 1 aromatic carbocycles. The monoisotopic (exact) mass is 237 g/mol. The van der Waals surface area contributed by atoms with Gasteiger partial charge in [-0.05, 0) is 12.5 Å². The molecule has 0 aliphatic carbocycles. The van der Waals surface area contributed by atoms with Crippen molar-refractivity contribution in [3.63, 3.8) is 0 Å². The number of nitrogens with zero attached hydrogens (tertiary/aromatic N) is 1. The lowest BCUT2D eigenvalue weighted by molar-refractivity contribution is -0.385. The number of ketones is 1. The Morgan fingerprint density at radius 3 is 2.71 bits per heavy atom. The normalized spacial score (nSPS) is 10.0. The van der Waals surface area contributed by atoms with Gasteiger partial charge in [-0.1, -0.05) is 19.4 Å². The number of ether oxygens (including phenoxy) is 1. The van der Waals surface area contributed by atoms with Gasteiger partial charge in [-0.25, -0.2) is 0 Å². The van der Waals surface area contributed by atoms with Gasteiger partial charge in [0.15, 0.2) is 5.78 Å². The molecular formula is C12H15NO4. The van der Waals surface area contributed by atoms with Crippen molar-refractivity contribution in [2.45, 2.75) is 26.2 Å². The summed E-state index contributed by atoms with van der Waals surface area (Å²) in [6, 6.07) is 4.39. The molecule has 0 aliphatic rings. The highest BCUT2D eigenvalue weighted by atomic mass is 16.6.